The summed E-state index contributed by atoms with van der Waals surface area (Å²) in [5.41, 5.74) is 0.300. The quantitative estimate of drug-likeness (QED) is 0.888. The molecule has 0 unspecified atom stereocenters. The van der Waals surface area contributed by atoms with Gasteiger partial charge >= 0.3 is 5.97 Å². The van der Waals surface area contributed by atoms with E-state index in [-0.39, 0.29) is 15.7 Å². The van der Waals surface area contributed by atoms with Gasteiger partial charge in [0.05, 0.1) is 5.02 Å². The Balaban J connectivity index is 2.45. The first kappa shape index (κ1) is 15.2. The zero-order chi connectivity index (χ0) is 15.6. The van der Waals surface area contributed by atoms with Crippen LogP contribution in [0.5, 0.6) is 0 Å². The van der Waals surface area contributed by atoms with Gasteiger partial charge in [-0.05, 0) is 24.6 Å². The lowest BCUT2D eigenvalue weighted by Crippen LogP contribution is -2.18. The smallest absolute Gasteiger partial charge is 0.358 e. The van der Waals surface area contributed by atoms with Crippen LogP contribution >= 0.6 is 11.6 Å². The molecule has 0 saturated heterocycles. The zero-order valence-electron chi connectivity index (χ0n) is 10.7. The first-order valence-corrected chi connectivity index (χ1v) is 7.50. The number of hydrogen-bond donors (Lipinski definition) is 2. The maximum Gasteiger partial charge on any atom is 0.358 e. The fraction of sp³-hybridized carbons (Fsp3) is 0.0833. The Labute approximate surface area is 125 Å². The predicted molar refractivity (Wildman–Crippen MR) is 76.0 cm³/mol. The van der Waals surface area contributed by atoms with E-state index in [1.807, 2.05) is 0 Å². The Bertz CT molecular complexity index is 808. The van der Waals surface area contributed by atoms with Gasteiger partial charge in [-0.1, -0.05) is 17.7 Å². The molecule has 0 aliphatic rings. The third-order valence-corrected chi connectivity index (χ3v) is 4.33. The van der Waals surface area contributed by atoms with Gasteiger partial charge < -0.3 is 5.11 Å². The maximum atomic E-state index is 12.3. The molecule has 0 aliphatic carbocycles. The van der Waals surface area contributed by atoms with Crippen LogP contribution in [0.25, 0.3) is 0 Å². The summed E-state index contributed by atoms with van der Waals surface area (Å²) in [6.07, 6.45) is 2.33. The summed E-state index contributed by atoms with van der Waals surface area (Å²) < 4.78 is 26.6. The van der Waals surface area contributed by atoms with Crippen LogP contribution in [0, 0.1) is 6.92 Å². The highest BCUT2D eigenvalue weighted by molar-refractivity contribution is 7.92. The topological polar surface area (TPSA) is 109 Å². The highest BCUT2D eigenvalue weighted by atomic mass is 35.5. The summed E-state index contributed by atoms with van der Waals surface area (Å²) in [6, 6.07) is 4.40. The van der Waals surface area contributed by atoms with Gasteiger partial charge in [0.15, 0.2) is 11.5 Å². The van der Waals surface area contributed by atoms with Crippen molar-refractivity contribution in [1.82, 2.24) is 9.97 Å². The average Bonchev–Trinajstić information content (AvgIpc) is 2.37. The van der Waals surface area contributed by atoms with Crippen LogP contribution in [0.4, 0.5) is 5.82 Å². The largest absolute Gasteiger partial charge is 0.476 e. The molecular weight excluding hydrogens is 318 g/mol. The molecule has 7 nitrogen and oxygen atoms in total. The van der Waals surface area contributed by atoms with Crippen LogP contribution in [0.3, 0.4) is 0 Å². The highest BCUT2D eigenvalue weighted by Crippen LogP contribution is 2.24. The highest BCUT2D eigenvalue weighted by Gasteiger charge is 2.22. The predicted octanol–water partition coefficient (Wildman–Crippen LogP) is 1.94. The molecule has 0 spiro atoms. The summed E-state index contributed by atoms with van der Waals surface area (Å²) in [5.74, 6) is -1.77. The Morgan fingerprint density at radius 2 is 1.95 bits per heavy atom. The lowest BCUT2D eigenvalue weighted by Gasteiger charge is -2.10. The normalized spacial score (nSPS) is 11.1. The molecule has 2 N–H and O–H groups in total. The van der Waals surface area contributed by atoms with Crippen LogP contribution in [0.2, 0.25) is 5.02 Å². The molecule has 1 aromatic heterocycles. The second-order valence-electron chi connectivity index (χ2n) is 4.10. The second kappa shape index (κ2) is 5.66. The van der Waals surface area contributed by atoms with Crippen molar-refractivity contribution in [1.29, 1.82) is 0 Å². The molecule has 0 bridgehead atoms. The van der Waals surface area contributed by atoms with E-state index in [0.29, 0.717) is 0 Å². The van der Waals surface area contributed by atoms with Gasteiger partial charge in [0.1, 0.15) is 4.90 Å². The fourth-order valence-electron chi connectivity index (χ4n) is 1.58. The van der Waals surface area contributed by atoms with Crippen LogP contribution in [-0.2, 0) is 10.0 Å². The van der Waals surface area contributed by atoms with Crippen molar-refractivity contribution in [2.24, 2.45) is 0 Å². The van der Waals surface area contributed by atoms with Crippen molar-refractivity contribution in [3.8, 4) is 0 Å². The second-order valence-corrected chi connectivity index (χ2v) is 6.16. The third kappa shape index (κ3) is 3.29. The molecule has 0 fully saturated rings. The van der Waals surface area contributed by atoms with Gasteiger partial charge in [0.2, 0.25) is 0 Å². The molecule has 21 heavy (non-hydrogen) atoms. The molecular formula is C12H10ClN3O4S. The molecule has 2 rings (SSSR count). The van der Waals surface area contributed by atoms with Crippen LogP contribution in [0.15, 0.2) is 35.5 Å². The van der Waals surface area contributed by atoms with E-state index in [2.05, 4.69) is 14.7 Å². The number of nitrogens with zero attached hydrogens (tertiary/aromatic N) is 2. The summed E-state index contributed by atoms with van der Waals surface area (Å²) in [7, 11) is -4.06. The van der Waals surface area contributed by atoms with Crippen LogP contribution < -0.4 is 4.72 Å². The number of carboxylic acids is 1. The van der Waals surface area contributed by atoms with Crippen LogP contribution in [-0.4, -0.2) is 29.5 Å². The van der Waals surface area contributed by atoms with Crippen molar-refractivity contribution in [3.63, 3.8) is 0 Å². The molecule has 0 amide bonds. The molecule has 2 aromatic rings. The Morgan fingerprint density at radius 3 is 2.57 bits per heavy atom. The molecule has 1 heterocycles. The maximum absolute atomic E-state index is 12.3. The number of sulfonamides is 1. The molecule has 0 radical (unpaired) electrons. The first-order valence-electron chi connectivity index (χ1n) is 5.64. The Morgan fingerprint density at radius 1 is 1.29 bits per heavy atom. The SMILES string of the molecule is Cc1ccc(S(=O)(=O)Nc2nccnc2C(=O)O)c(Cl)c1. The van der Waals surface area contributed by atoms with Crippen molar-refractivity contribution in [2.45, 2.75) is 11.8 Å². The van der Waals surface area contributed by atoms with Gasteiger partial charge in [-0.15, -0.1) is 0 Å². The summed E-state index contributed by atoms with van der Waals surface area (Å²) in [6.45, 7) is 1.76. The molecule has 110 valence electrons. The molecule has 0 aliphatic heterocycles. The van der Waals surface area contributed by atoms with E-state index in [1.165, 1.54) is 18.3 Å². The van der Waals surface area contributed by atoms with E-state index in [1.54, 1.807) is 13.0 Å². The summed E-state index contributed by atoms with van der Waals surface area (Å²) in [5, 5.41) is 8.99. The first-order chi connectivity index (χ1) is 9.81. The van der Waals surface area contributed by atoms with Crippen LogP contribution in [0.1, 0.15) is 16.1 Å². The number of aryl methyl sites for hydroxylation is 1. The van der Waals surface area contributed by atoms with Crippen molar-refractivity contribution in [3.05, 3.63) is 46.9 Å². The summed E-state index contributed by atoms with van der Waals surface area (Å²) >= 11 is 5.91. The standard InChI is InChI=1S/C12H10ClN3O4S/c1-7-2-3-9(8(13)6-7)21(19,20)16-11-10(12(17)18)14-4-5-15-11/h2-6H,1H3,(H,15,16)(H,17,18). The van der Waals surface area contributed by atoms with Crippen molar-refractivity contribution >= 4 is 33.4 Å². The number of hydrogen-bond acceptors (Lipinski definition) is 5. The van der Waals surface area contributed by atoms with Gasteiger partial charge in [-0.25, -0.2) is 23.2 Å². The average molecular weight is 328 g/mol. The molecule has 0 atom stereocenters. The van der Waals surface area contributed by atoms with Gasteiger partial charge in [-0.2, -0.15) is 0 Å². The minimum absolute atomic E-state index is 0.0308. The Kier molecular flexibility index (Phi) is 4.10. The lowest BCUT2D eigenvalue weighted by molar-refractivity contribution is 0.0691. The zero-order valence-corrected chi connectivity index (χ0v) is 12.3. The molecule has 9 heteroatoms. The summed E-state index contributed by atoms with van der Waals surface area (Å²) in [4.78, 5) is 18.1. The number of nitrogens with one attached hydrogen (secondary N) is 1. The van der Waals surface area contributed by atoms with Crippen molar-refractivity contribution in [2.75, 3.05) is 4.72 Å². The van der Waals surface area contributed by atoms with Gasteiger partial charge in [-0.3, -0.25) is 4.72 Å². The number of rotatable bonds is 4. The minimum atomic E-state index is -4.06. The number of carbonyl (C=O) groups is 1. The van der Waals surface area contributed by atoms with E-state index in [0.717, 1.165) is 11.8 Å². The van der Waals surface area contributed by atoms with Gasteiger partial charge in [0, 0.05) is 12.4 Å². The Hall–Kier alpha value is -2.19. The van der Waals surface area contributed by atoms with E-state index >= 15 is 0 Å². The monoisotopic (exact) mass is 327 g/mol. The number of benzene rings is 1. The minimum Gasteiger partial charge on any atom is -0.476 e. The van der Waals surface area contributed by atoms with E-state index in [4.69, 9.17) is 16.7 Å². The number of halogens is 1. The molecule has 0 saturated carbocycles. The molecule has 1 aromatic carbocycles. The fourth-order valence-corrected chi connectivity index (χ4v) is 3.19. The lowest BCUT2D eigenvalue weighted by atomic mass is 10.2. The van der Waals surface area contributed by atoms with Gasteiger partial charge in [0.25, 0.3) is 10.0 Å². The number of aromatic carboxylic acids is 1. The van der Waals surface area contributed by atoms with E-state index < -0.39 is 21.7 Å². The number of carboxylic acid groups (broad SMARTS) is 1. The van der Waals surface area contributed by atoms with Crippen molar-refractivity contribution < 1.29 is 18.3 Å². The third-order valence-electron chi connectivity index (χ3n) is 2.51. The van der Waals surface area contributed by atoms with E-state index in [9.17, 15) is 13.2 Å². The number of aromatic nitrogens is 2. The number of anilines is 1.